The lowest BCUT2D eigenvalue weighted by atomic mass is 10.1. The Morgan fingerprint density at radius 2 is 2.47 bits per heavy atom. The first-order chi connectivity index (χ1) is 8.16. The topological polar surface area (TPSA) is 57.0 Å². The Morgan fingerprint density at radius 1 is 1.65 bits per heavy atom. The molecular weight excluding hydrogens is 218 g/mol. The molecular formula is C12H19N3O2. The van der Waals surface area contributed by atoms with E-state index in [0.29, 0.717) is 18.9 Å². The minimum absolute atomic E-state index is 0.125. The smallest absolute Gasteiger partial charge is 0.169 e. The average molecular weight is 237 g/mol. The van der Waals surface area contributed by atoms with Crippen LogP contribution in [-0.4, -0.2) is 33.3 Å². The molecule has 0 saturated carbocycles. The Morgan fingerprint density at radius 3 is 3.12 bits per heavy atom. The van der Waals surface area contributed by atoms with Crippen molar-refractivity contribution in [1.29, 1.82) is 0 Å². The van der Waals surface area contributed by atoms with Crippen LogP contribution in [0.5, 0.6) is 0 Å². The summed E-state index contributed by atoms with van der Waals surface area (Å²) in [6.45, 7) is 5.74. The zero-order valence-corrected chi connectivity index (χ0v) is 10.4. The predicted octanol–water partition coefficient (Wildman–Crippen LogP) is 1.22. The molecule has 1 aromatic heterocycles. The number of ketones is 1. The van der Waals surface area contributed by atoms with Crippen molar-refractivity contribution in [3.05, 3.63) is 12.2 Å². The van der Waals surface area contributed by atoms with E-state index in [0.717, 1.165) is 25.2 Å². The molecule has 0 amide bonds. The number of carbonyl (C=O) groups is 1. The highest BCUT2D eigenvalue weighted by Gasteiger charge is 2.24. The SMILES string of the molecule is CC(C)Cn1ncnc1CC(=O)C1CCCO1. The molecule has 0 aliphatic carbocycles. The van der Waals surface area contributed by atoms with E-state index in [1.807, 2.05) is 4.68 Å². The van der Waals surface area contributed by atoms with Crippen LogP contribution in [0.25, 0.3) is 0 Å². The Balaban J connectivity index is 1.97. The maximum absolute atomic E-state index is 11.9. The van der Waals surface area contributed by atoms with Crippen LogP contribution in [0.1, 0.15) is 32.5 Å². The molecule has 0 N–H and O–H groups in total. The second-order valence-corrected chi connectivity index (χ2v) is 4.90. The maximum Gasteiger partial charge on any atom is 0.169 e. The molecule has 1 atom stereocenters. The van der Waals surface area contributed by atoms with Gasteiger partial charge in [0.05, 0.1) is 6.42 Å². The summed E-state index contributed by atoms with van der Waals surface area (Å²) < 4.78 is 7.19. The lowest BCUT2D eigenvalue weighted by molar-refractivity contribution is -0.127. The van der Waals surface area contributed by atoms with Gasteiger partial charge >= 0.3 is 0 Å². The van der Waals surface area contributed by atoms with Crippen molar-refractivity contribution < 1.29 is 9.53 Å². The van der Waals surface area contributed by atoms with Crippen molar-refractivity contribution in [2.45, 2.75) is 45.8 Å². The third-order valence-corrected chi connectivity index (χ3v) is 2.85. The van der Waals surface area contributed by atoms with Crippen LogP contribution in [-0.2, 0) is 22.5 Å². The van der Waals surface area contributed by atoms with Crippen molar-refractivity contribution in [1.82, 2.24) is 14.8 Å². The first-order valence-electron chi connectivity index (χ1n) is 6.18. The van der Waals surface area contributed by atoms with Gasteiger partial charge in [-0.05, 0) is 18.8 Å². The van der Waals surface area contributed by atoms with Gasteiger partial charge in [-0.15, -0.1) is 0 Å². The number of rotatable bonds is 5. The highest BCUT2D eigenvalue weighted by molar-refractivity contribution is 5.84. The quantitative estimate of drug-likeness (QED) is 0.772. The van der Waals surface area contributed by atoms with Gasteiger partial charge < -0.3 is 4.74 Å². The molecule has 1 saturated heterocycles. The summed E-state index contributed by atoms with van der Waals surface area (Å²) in [4.78, 5) is 16.1. The van der Waals surface area contributed by atoms with E-state index in [-0.39, 0.29) is 11.9 Å². The summed E-state index contributed by atoms with van der Waals surface area (Å²) in [6, 6.07) is 0. The highest BCUT2D eigenvalue weighted by Crippen LogP contribution is 2.14. The van der Waals surface area contributed by atoms with Crippen LogP contribution in [0.3, 0.4) is 0 Å². The van der Waals surface area contributed by atoms with E-state index in [9.17, 15) is 4.79 Å². The fourth-order valence-electron chi connectivity index (χ4n) is 2.02. The number of hydrogen-bond acceptors (Lipinski definition) is 4. The first kappa shape index (κ1) is 12.2. The second kappa shape index (κ2) is 5.40. The van der Waals surface area contributed by atoms with Crippen LogP contribution < -0.4 is 0 Å². The number of nitrogens with zero attached hydrogens (tertiary/aromatic N) is 3. The third kappa shape index (κ3) is 3.12. The summed E-state index contributed by atoms with van der Waals surface area (Å²) in [7, 11) is 0. The second-order valence-electron chi connectivity index (χ2n) is 4.90. The Kier molecular flexibility index (Phi) is 3.89. The minimum Gasteiger partial charge on any atom is -0.370 e. The zero-order chi connectivity index (χ0) is 12.3. The molecule has 1 unspecified atom stereocenters. The standard InChI is InChI=1S/C12H19N3O2/c1-9(2)7-15-12(13-8-14-15)6-10(16)11-4-3-5-17-11/h8-9,11H,3-7H2,1-2H3. The molecule has 1 fully saturated rings. The van der Waals surface area contributed by atoms with Crippen molar-refractivity contribution in [2.24, 2.45) is 5.92 Å². The fraction of sp³-hybridized carbons (Fsp3) is 0.750. The number of carbonyl (C=O) groups excluding carboxylic acids is 1. The van der Waals surface area contributed by atoms with Gasteiger partial charge in [-0.1, -0.05) is 13.8 Å². The summed E-state index contributed by atoms with van der Waals surface area (Å²) in [6.07, 6.45) is 3.45. The van der Waals surface area contributed by atoms with Crippen LogP contribution in [0.4, 0.5) is 0 Å². The monoisotopic (exact) mass is 237 g/mol. The van der Waals surface area contributed by atoms with Gasteiger partial charge in [-0.2, -0.15) is 5.10 Å². The fourth-order valence-corrected chi connectivity index (χ4v) is 2.02. The molecule has 94 valence electrons. The largest absolute Gasteiger partial charge is 0.370 e. The molecule has 0 radical (unpaired) electrons. The number of ether oxygens (including phenoxy) is 1. The minimum atomic E-state index is -0.223. The molecule has 0 bridgehead atoms. The van der Waals surface area contributed by atoms with Crippen molar-refractivity contribution in [3.8, 4) is 0 Å². The van der Waals surface area contributed by atoms with E-state index in [1.54, 1.807) is 0 Å². The molecule has 1 aliphatic heterocycles. The van der Waals surface area contributed by atoms with Crippen LogP contribution in [0.15, 0.2) is 6.33 Å². The van der Waals surface area contributed by atoms with Gasteiger partial charge in [0.25, 0.3) is 0 Å². The third-order valence-electron chi connectivity index (χ3n) is 2.85. The van der Waals surface area contributed by atoms with Gasteiger partial charge in [0, 0.05) is 13.2 Å². The number of aromatic nitrogens is 3. The molecule has 1 aromatic rings. The van der Waals surface area contributed by atoms with Gasteiger partial charge in [-0.25, -0.2) is 9.67 Å². The highest BCUT2D eigenvalue weighted by atomic mass is 16.5. The van der Waals surface area contributed by atoms with Crippen LogP contribution >= 0.6 is 0 Å². The van der Waals surface area contributed by atoms with Crippen LogP contribution in [0.2, 0.25) is 0 Å². The molecule has 5 heteroatoms. The van der Waals surface area contributed by atoms with Gasteiger partial charge in [-0.3, -0.25) is 4.79 Å². The van der Waals surface area contributed by atoms with E-state index in [4.69, 9.17) is 4.74 Å². The predicted molar refractivity (Wildman–Crippen MR) is 62.5 cm³/mol. The summed E-state index contributed by atoms with van der Waals surface area (Å²) in [5.41, 5.74) is 0. The van der Waals surface area contributed by atoms with Gasteiger partial charge in [0.1, 0.15) is 18.3 Å². The lowest BCUT2D eigenvalue weighted by Gasteiger charge is -2.10. The Labute approximate surface area is 101 Å². The maximum atomic E-state index is 11.9. The average Bonchev–Trinajstić information content (AvgIpc) is 2.89. The van der Waals surface area contributed by atoms with Gasteiger partial charge in [0.2, 0.25) is 0 Å². The molecule has 2 heterocycles. The normalized spacial score (nSPS) is 20.1. The number of hydrogen-bond donors (Lipinski definition) is 0. The summed E-state index contributed by atoms with van der Waals surface area (Å²) in [5.74, 6) is 1.37. The number of Topliss-reactive ketones (excluding diaryl/α,β-unsaturated/α-hetero) is 1. The molecule has 1 aliphatic rings. The van der Waals surface area contributed by atoms with E-state index in [2.05, 4.69) is 23.9 Å². The van der Waals surface area contributed by atoms with Crippen molar-refractivity contribution >= 4 is 5.78 Å². The van der Waals surface area contributed by atoms with Crippen molar-refractivity contribution in [3.63, 3.8) is 0 Å². The Hall–Kier alpha value is -1.23. The molecule has 5 nitrogen and oxygen atoms in total. The zero-order valence-electron chi connectivity index (χ0n) is 10.4. The lowest BCUT2D eigenvalue weighted by Crippen LogP contribution is -2.23. The van der Waals surface area contributed by atoms with Crippen molar-refractivity contribution in [2.75, 3.05) is 6.61 Å². The van der Waals surface area contributed by atoms with E-state index in [1.165, 1.54) is 6.33 Å². The van der Waals surface area contributed by atoms with E-state index < -0.39 is 0 Å². The van der Waals surface area contributed by atoms with Gasteiger partial charge in [0.15, 0.2) is 5.78 Å². The molecule has 2 rings (SSSR count). The van der Waals surface area contributed by atoms with Crippen LogP contribution in [0, 0.1) is 5.92 Å². The summed E-state index contributed by atoms with van der Waals surface area (Å²) in [5, 5.41) is 4.15. The van der Waals surface area contributed by atoms with E-state index >= 15 is 0 Å². The summed E-state index contributed by atoms with van der Waals surface area (Å²) >= 11 is 0. The first-order valence-corrected chi connectivity index (χ1v) is 6.18. The molecule has 17 heavy (non-hydrogen) atoms. The molecule has 0 aromatic carbocycles. The molecule has 0 spiro atoms. The Bertz CT molecular complexity index is 381.